The topological polar surface area (TPSA) is 26.3 Å². The molecule has 4 rings (SSSR count). The molecule has 0 saturated heterocycles. The van der Waals surface area contributed by atoms with Gasteiger partial charge in [0.1, 0.15) is 6.10 Å². The third-order valence-corrected chi connectivity index (χ3v) is 15.3. The Balaban J connectivity index is 1.15. The van der Waals surface area contributed by atoms with Crippen LogP contribution in [0.4, 0.5) is 0 Å². The highest BCUT2D eigenvalue weighted by Gasteiger charge is 2.60. The van der Waals surface area contributed by atoms with E-state index in [4.69, 9.17) is 4.74 Å². The molecule has 0 spiro atoms. The summed E-state index contributed by atoms with van der Waals surface area (Å²) in [4.78, 5) is 12.8. The van der Waals surface area contributed by atoms with E-state index in [2.05, 4.69) is 60.6 Å². The zero-order chi connectivity index (χ0) is 33.9. The molecule has 4 aliphatic carbocycles. The van der Waals surface area contributed by atoms with Crippen molar-refractivity contribution in [2.24, 2.45) is 58.2 Å². The van der Waals surface area contributed by atoms with Crippen LogP contribution in [0.5, 0.6) is 0 Å². The third-order valence-electron chi connectivity index (χ3n) is 15.3. The zero-order valence-electron chi connectivity index (χ0n) is 32.6. The molecule has 2 nitrogen and oxygen atoms in total. The monoisotopic (exact) mass is 653 g/mol. The van der Waals surface area contributed by atoms with Gasteiger partial charge in [-0.3, -0.25) is 4.79 Å². The first-order valence-electron chi connectivity index (χ1n) is 21.5. The second kappa shape index (κ2) is 19.0. The van der Waals surface area contributed by atoms with Crippen LogP contribution in [0.1, 0.15) is 203 Å². The van der Waals surface area contributed by atoms with Crippen LogP contribution in [-0.2, 0) is 9.53 Å². The van der Waals surface area contributed by atoms with Crippen LogP contribution in [0, 0.1) is 58.2 Å². The maximum Gasteiger partial charge on any atom is 0.306 e. The molecular formula is C45H80O2. The van der Waals surface area contributed by atoms with Crippen molar-refractivity contribution in [1.82, 2.24) is 0 Å². The average molecular weight is 653 g/mol. The van der Waals surface area contributed by atoms with Gasteiger partial charge in [0.25, 0.3) is 0 Å². The van der Waals surface area contributed by atoms with Crippen molar-refractivity contribution in [1.29, 1.82) is 0 Å². The van der Waals surface area contributed by atoms with E-state index in [1.807, 2.05) is 0 Å². The summed E-state index contributed by atoms with van der Waals surface area (Å²) in [5, 5.41) is 0. The molecule has 4 fully saturated rings. The van der Waals surface area contributed by atoms with Crippen molar-refractivity contribution in [3.8, 4) is 0 Å². The van der Waals surface area contributed by atoms with Crippen molar-refractivity contribution in [2.45, 2.75) is 209 Å². The number of ether oxygens (including phenoxy) is 1. The van der Waals surface area contributed by atoms with Gasteiger partial charge in [-0.05, 0) is 154 Å². The number of esters is 1. The molecule has 47 heavy (non-hydrogen) atoms. The summed E-state index contributed by atoms with van der Waals surface area (Å²) in [5.74, 6) is 7.17. The summed E-state index contributed by atoms with van der Waals surface area (Å²) in [6, 6.07) is 0. The molecule has 2 heteroatoms. The largest absolute Gasteiger partial charge is 0.462 e. The van der Waals surface area contributed by atoms with Crippen LogP contribution >= 0.6 is 0 Å². The number of hydrogen-bond acceptors (Lipinski definition) is 2. The number of carbonyl (C=O) groups excluding carboxylic acids is 1. The van der Waals surface area contributed by atoms with Crippen molar-refractivity contribution < 1.29 is 9.53 Å². The van der Waals surface area contributed by atoms with E-state index in [1.165, 1.54) is 128 Å². The molecule has 0 amide bonds. The number of carbonyl (C=O) groups is 1. The van der Waals surface area contributed by atoms with Gasteiger partial charge in [-0.25, -0.2) is 0 Å². The van der Waals surface area contributed by atoms with E-state index in [1.54, 1.807) is 0 Å². The molecule has 10 atom stereocenters. The van der Waals surface area contributed by atoms with Crippen LogP contribution in [0.2, 0.25) is 0 Å². The summed E-state index contributed by atoms with van der Waals surface area (Å²) >= 11 is 0. The minimum atomic E-state index is 0.0801. The van der Waals surface area contributed by atoms with Gasteiger partial charge in [0.15, 0.2) is 0 Å². The van der Waals surface area contributed by atoms with Crippen molar-refractivity contribution >= 4 is 5.97 Å². The summed E-state index contributed by atoms with van der Waals surface area (Å²) in [5.41, 5.74) is 1.04. The van der Waals surface area contributed by atoms with Gasteiger partial charge in [-0.15, -0.1) is 0 Å². The first-order valence-corrected chi connectivity index (χ1v) is 21.5. The number of rotatable bonds is 20. The Morgan fingerprint density at radius 2 is 1.40 bits per heavy atom. The van der Waals surface area contributed by atoms with Gasteiger partial charge in [-0.1, -0.05) is 112 Å². The Morgan fingerprint density at radius 1 is 0.745 bits per heavy atom. The number of unbranched alkanes of at least 4 members (excludes halogenated alkanes) is 9. The minimum absolute atomic E-state index is 0.0801. The van der Waals surface area contributed by atoms with Crippen LogP contribution in [0.3, 0.4) is 0 Å². The Hall–Kier alpha value is -0.790. The van der Waals surface area contributed by atoms with Crippen molar-refractivity contribution in [3.63, 3.8) is 0 Å². The Kier molecular flexibility index (Phi) is 15.8. The molecular weight excluding hydrogens is 572 g/mol. The summed E-state index contributed by atoms with van der Waals surface area (Å²) in [6.45, 7) is 17.6. The van der Waals surface area contributed by atoms with Crippen LogP contribution in [-0.4, -0.2) is 12.1 Å². The Bertz CT molecular complexity index is 936. The lowest BCUT2D eigenvalue weighted by atomic mass is 9.44. The lowest BCUT2D eigenvalue weighted by Gasteiger charge is -2.61. The first-order chi connectivity index (χ1) is 22.6. The Morgan fingerprint density at radius 3 is 2.11 bits per heavy atom. The molecule has 0 bridgehead atoms. The van der Waals surface area contributed by atoms with Gasteiger partial charge in [0.2, 0.25) is 0 Å². The van der Waals surface area contributed by atoms with Crippen LogP contribution < -0.4 is 0 Å². The number of fused-ring (bicyclic) bond motifs is 5. The predicted molar refractivity (Wildman–Crippen MR) is 202 cm³/mol. The molecule has 0 aromatic heterocycles. The normalized spacial score (nSPS) is 35.0. The quantitative estimate of drug-likeness (QED) is 0.0743. The van der Waals surface area contributed by atoms with Gasteiger partial charge < -0.3 is 4.74 Å². The molecule has 4 saturated carbocycles. The molecule has 0 aromatic rings. The van der Waals surface area contributed by atoms with Gasteiger partial charge in [-0.2, -0.15) is 0 Å². The molecule has 0 aromatic carbocycles. The summed E-state index contributed by atoms with van der Waals surface area (Å²) < 4.78 is 6.17. The van der Waals surface area contributed by atoms with Crippen molar-refractivity contribution in [2.75, 3.05) is 0 Å². The molecule has 0 aliphatic heterocycles. The average Bonchev–Trinajstić information content (AvgIpc) is 3.41. The summed E-state index contributed by atoms with van der Waals surface area (Å²) in [6.07, 6.45) is 35.9. The predicted octanol–water partition coefficient (Wildman–Crippen LogP) is 13.9. The standard InChI is InChI=1S/C45H80O2/c1-8-10-11-12-13-14-15-16-17-18-19-20-21-22-43(46)47-38-29-31-44(6)37(33-38)25-26-39-41-28-27-40(45(41,7)32-30-42(39)44)35(5)23-24-36(9-2)34(3)4/h14-15,34-42H,8-13,16-33H2,1-7H3/t35-,36-,37?,38?,39+,40-,41+,42+,44+,45-/m1/s1. The maximum atomic E-state index is 12.8. The third kappa shape index (κ3) is 10.1. The van der Waals surface area contributed by atoms with Gasteiger partial charge in [0.05, 0.1) is 0 Å². The van der Waals surface area contributed by atoms with E-state index in [0.29, 0.717) is 17.3 Å². The lowest BCUT2D eigenvalue weighted by Crippen LogP contribution is -2.54. The lowest BCUT2D eigenvalue weighted by molar-refractivity contribution is -0.162. The second-order valence-corrected chi connectivity index (χ2v) is 18.4. The zero-order valence-corrected chi connectivity index (χ0v) is 32.6. The van der Waals surface area contributed by atoms with E-state index in [-0.39, 0.29) is 12.1 Å². The number of allylic oxidation sites excluding steroid dienone is 2. The highest BCUT2D eigenvalue weighted by Crippen LogP contribution is 2.68. The molecule has 272 valence electrons. The molecule has 0 N–H and O–H groups in total. The summed E-state index contributed by atoms with van der Waals surface area (Å²) in [7, 11) is 0. The fraction of sp³-hybridized carbons (Fsp3) is 0.933. The van der Waals surface area contributed by atoms with Crippen LogP contribution in [0.25, 0.3) is 0 Å². The van der Waals surface area contributed by atoms with E-state index < -0.39 is 0 Å². The van der Waals surface area contributed by atoms with Crippen molar-refractivity contribution in [3.05, 3.63) is 12.2 Å². The van der Waals surface area contributed by atoms with E-state index >= 15 is 0 Å². The number of hydrogen-bond donors (Lipinski definition) is 0. The minimum Gasteiger partial charge on any atom is -0.462 e. The first kappa shape index (κ1) is 39.0. The highest BCUT2D eigenvalue weighted by molar-refractivity contribution is 5.69. The SMILES string of the molecule is CCCCCCC=CCCCCCCCC(=O)OC1CC[C@@]2(C)C(CC[C@H]3[C@@H]4CC[C@H]([C@H](C)CC[C@@H](CC)C(C)C)[C@@]4(C)CC[C@@H]32)C1. The molecule has 0 heterocycles. The Labute approximate surface area is 293 Å². The molecule has 4 aliphatic rings. The molecule has 0 radical (unpaired) electrons. The van der Waals surface area contributed by atoms with E-state index in [0.717, 1.165) is 66.6 Å². The maximum absolute atomic E-state index is 12.8. The smallest absolute Gasteiger partial charge is 0.306 e. The highest BCUT2D eigenvalue weighted by atomic mass is 16.5. The van der Waals surface area contributed by atoms with Crippen LogP contribution in [0.15, 0.2) is 12.2 Å². The van der Waals surface area contributed by atoms with E-state index in [9.17, 15) is 4.79 Å². The van der Waals surface area contributed by atoms with Gasteiger partial charge >= 0.3 is 5.97 Å². The second-order valence-electron chi connectivity index (χ2n) is 18.4. The molecule has 2 unspecified atom stereocenters. The fourth-order valence-corrected chi connectivity index (χ4v) is 12.2. The fourth-order valence-electron chi connectivity index (χ4n) is 12.2. The van der Waals surface area contributed by atoms with Gasteiger partial charge in [0, 0.05) is 6.42 Å².